The molecule has 7 rings (SSSR count). The first-order chi connectivity index (χ1) is 35.6. The van der Waals surface area contributed by atoms with Crippen LogP contribution >= 0.6 is 0 Å². The van der Waals surface area contributed by atoms with Crippen LogP contribution in [0.3, 0.4) is 0 Å². The summed E-state index contributed by atoms with van der Waals surface area (Å²) >= 11 is 0. The molecule has 17 nitrogen and oxygen atoms in total. The number of hydrogen-bond donors (Lipinski definition) is 2. The molecule has 1 fully saturated rings. The summed E-state index contributed by atoms with van der Waals surface area (Å²) in [7, 11) is 2.60. The Morgan fingerprint density at radius 2 is 1.26 bits per heavy atom. The van der Waals surface area contributed by atoms with Crippen LogP contribution in [0.4, 0.5) is 14.5 Å². The van der Waals surface area contributed by atoms with Crippen LogP contribution in [-0.4, -0.2) is 97.4 Å². The molecule has 3 atom stereocenters. The van der Waals surface area contributed by atoms with Gasteiger partial charge in [0.1, 0.15) is 18.9 Å². The Morgan fingerprint density at radius 3 is 1.78 bits per heavy atom. The predicted molar refractivity (Wildman–Crippen MR) is 266 cm³/mol. The molecule has 2 N–H and O–H groups in total. The van der Waals surface area contributed by atoms with Crippen molar-refractivity contribution in [2.75, 3.05) is 46.9 Å². The number of esters is 2. The molecule has 19 heteroatoms. The Kier molecular flexibility index (Phi) is 17.7. The minimum atomic E-state index is -1.07. The highest BCUT2D eigenvalue weighted by Gasteiger charge is 2.59. The molecule has 2 aliphatic heterocycles. The van der Waals surface area contributed by atoms with Crippen molar-refractivity contribution in [3.63, 3.8) is 0 Å². The van der Waals surface area contributed by atoms with Crippen molar-refractivity contribution in [1.29, 1.82) is 0 Å². The Morgan fingerprint density at radius 1 is 0.716 bits per heavy atom. The van der Waals surface area contributed by atoms with E-state index < -0.39 is 52.3 Å². The first-order valence-corrected chi connectivity index (χ1v) is 24.1. The third kappa shape index (κ3) is 12.2. The molecule has 0 saturated carbocycles. The third-order valence-electron chi connectivity index (χ3n) is 13.0. The number of non-ortho nitro benzene ring substituents is 1. The van der Waals surface area contributed by atoms with E-state index in [0.717, 1.165) is 35.4 Å². The van der Waals surface area contributed by atoms with E-state index in [2.05, 4.69) is 10.6 Å². The lowest BCUT2D eigenvalue weighted by atomic mass is 9.74. The molecule has 74 heavy (non-hydrogen) atoms. The Hall–Kier alpha value is -8.19. The molecule has 1 saturated heterocycles. The lowest BCUT2D eigenvalue weighted by molar-refractivity contribution is -0.384. The van der Waals surface area contributed by atoms with Crippen LogP contribution in [0.2, 0.25) is 0 Å². The fraction of sp³-hybridized carbons (Fsp3) is 0.327. The molecule has 0 bridgehead atoms. The van der Waals surface area contributed by atoms with Crippen molar-refractivity contribution in [2.45, 2.75) is 52.9 Å². The third-order valence-corrected chi connectivity index (χ3v) is 13.0. The van der Waals surface area contributed by atoms with Gasteiger partial charge in [-0.3, -0.25) is 29.4 Å². The summed E-state index contributed by atoms with van der Waals surface area (Å²) in [5, 5.41) is 16.7. The van der Waals surface area contributed by atoms with Crippen LogP contribution < -0.4 is 29.6 Å². The number of nitro groups is 1. The summed E-state index contributed by atoms with van der Waals surface area (Å²) in [6.45, 7) is 6.59. The topological polar surface area (TPSA) is 205 Å². The van der Waals surface area contributed by atoms with Crippen LogP contribution in [0.1, 0.15) is 75.8 Å². The van der Waals surface area contributed by atoms with Gasteiger partial charge in [0, 0.05) is 50.8 Å². The second-order valence-corrected chi connectivity index (χ2v) is 18.1. The lowest BCUT2D eigenvalue weighted by Crippen LogP contribution is -2.62. The Balaban J connectivity index is 1.09. The highest BCUT2D eigenvalue weighted by molar-refractivity contribution is 6.06. The zero-order chi connectivity index (χ0) is 53.1. The summed E-state index contributed by atoms with van der Waals surface area (Å²) in [5.41, 5.74) is 1.10. The number of nitrogens with one attached hydrogen (secondary N) is 2. The molecule has 2 aliphatic rings. The second kappa shape index (κ2) is 24.5. The summed E-state index contributed by atoms with van der Waals surface area (Å²) in [6.07, 6.45) is 0.608. The van der Waals surface area contributed by atoms with Gasteiger partial charge in [-0.2, -0.15) is 0 Å². The molecular weight excluding hydrogens is 961 g/mol. The number of hydrogen-bond acceptors (Lipinski definition) is 13. The van der Waals surface area contributed by atoms with Crippen molar-refractivity contribution in [3.8, 4) is 23.0 Å². The number of fused-ring (bicyclic) bond motifs is 1. The summed E-state index contributed by atoms with van der Waals surface area (Å²) in [6, 6.07) is 28.1. The minimum absolute atomic E-state index is 0.00649. The molecule has 0 radical (unpaired) electrons. The maximum absolute atomic E-state index is 16.4. The van der Waals surface area contributed by atoms with Crippen molar-refractivity contribution in [1.82, 2.24) is 20.4 Å². The molecule has 3 amide bonds. The molecule has 0 aromatic heterocycles. The van der Waals surface area contributed by atoms with Gasteiger partial charge in [-0.1, -0.05) is 81.4 Å². The van der Waals surface area contributed by atoms with E-state index in [4.69, 9.17) is 23.7 Å². The summed E-state index contributed by atoms with van der Waals surface area (Å²) < 4.78 is 59.2. The average Bonchev–Trinajstić information content (AvgIpc) is 3.64. The summed E-state index contributed by atoms with van der Waals surface area (Å²) in [5.74, 6) is -6.81. The van der Waals surface area contributed by atoms with E-state index in [0.29, 0.717) is 18.4 Å². The van der Waals surface area contributed by atoms with Crippen LogP contribution in [0, 0.1) is 39.5 Å². The Bertz CT molecular complexity index is 2900. The number of nitrogens with zero attached hydrogens (tertiary/aromatic N) is 3. The minimum Gasteiger partial charge on any atom is -0.493 e. The van der Waals surface area contributed by atoms with E-state index in [-0.39, 0.29) is 115 Å². The van der Waals surface area contributed by atoms with Gasteiger partial charge in [0.2, 0.25) is 5.91 Å². The van der Waals surface area contributed by atoms with E-state index in [1.54, 1.807) is 0 Å². The van der Waals surface area contributed by atoms with Crippen LogP contribution in [0.25, 0.3) is 0 Å². The fourth-order valence-corrected chi connectivity index (χ4v) is 9.14. The average molecular weight is 1020 g/mol. The van der Waals surface area contributed by atoms with Crippen LogP contribution in [0.15, 0.2) is 120 Å². The first kappa shape index (κ1) is 53.6. The predicted octanol–water partition coefficient (Wildman–Crippen LogP) is 8.06. The highest BCUT2D eigenvalue weighted by atomic mass is 19.1. The SMILES string of the molecule is COc1ccc(C(=O)NCCCN(CCCNC(=O)c2ccc(OCc3ccccc3)c(OCc3ccccc3)c2F)CC2=C(C(=O)OC(=O)c3ccc([N+](=O)[O-])cc3)N3C(=O)[C@H](C(C)C)[C@H]3[C@H]2C)c(F)c1OC. The largest absolute Gasteiger partial charge is 0.493 e. The van der Waals surface area contributed by atoms with Crippen LogP contribution in [-0.2, 0) is 27.5 Å². The number of amides is 3. The number of methoxy groups -OCH3 is 2. The van der Waals surface area contributed by atoms with Gasteiger partial charge in [-0.15, -0.1) is 0 Å². The number of β-lactam (4-membered cyclic amide) rings is 1. The normalized spacial score (nSPS) is 15.8. The number of carbonyl (C=O) groups excluding carboxylic acids is 5. The van der Waals surface area contributed by atoms with Crippen LogP contribution in [0.5, 0.6) is 23.0 Å². The molecule has 5 aromatic carbocycles. The van der Waals surface area contributed by atoms with E-state index in [1.807, 2.05) is 86.3 Å². The standard InChI is InChI=1S/C55H57F2N5O12/c1-33(2)44-47-34(3)41(48(61(47)53(44)65)55(67)74-54(66)37-18-20-38(21-19-37)62(68)69)30-60(28-12-26-58-51(63)39-22-24-42(70-4)49(71-5)45(39)56)29-13-27-59-52(64)40-23-25-43(72-31-35-14-8-6-9-15-35)50(46(40)57)73-32-36-16-10-7-11-17-36/h6-11,14-25,33-34,44,47H,12-13,26-32H2,1-5H3,(H,58,63)(H,59,64)/t34-,44+,47+/m0/s1. The quantitative estimate of drug-likeness (QED) is 0.0150. The van der Waals surface area contributed by atoms with Gasteiger partial charge in [0.05, 0.1) is 47.8 Å². The van der Waals surface area contributed by atoms with E-state index in [1.165, 1.54) is 43.4 Å². The van der Waals surface area contributed by atoms with Gasteiger partial charge >= 0.3 is 11.9 Å². The number of nitro benzene ring substituents is 1. The maximum atomic E-state index is 16.4. The van der Waals surface area contributed by atoms with Crippen molar-refractivity contribution in [2.24, 2.45) is 17.8 Å². The van der Waals surface area contributed by atoms with E-state index in [9.17, 15) is 34.1 Å². The number of rotatable bonds is 24. The highest BCUT2D eigenvalue weighted by Crippen LogP contribution is 2.49. The van der Waals surface area contributed by atoms with Crippen molar-refractivity contribution in [3.05, 3.63) is 170 Å². The number of carbonyl (C=O) groups is 5. The summed E-state index contributed by atoms with van der Waals surface area (Å²) in [4.78, 5) is 81.9. The van der Waals surface area contributed by atoms with E-state index >= 15 is 8.78 Å². The van der Waals surface area contributed by atoms with Gasteiger partial charge < -0.3 is 39.2 Å². The molecule has 388 valence electrons. The zero-order valence-electron chi connectivity index (χ0n) is 41.6. The van der Waals surface area contributed by atoms with Gasteiger partial charge in [0.25, 0.3) is 17.5 Å². The fourth-order valence-electron chi connectivity index (χ4n) is 9.14. The zero-order valence-corrected chi connectivity index (χ0v) is 41.6. The Labute approximate surface area is 426 Å². The molecule has 0 aliphatic carbocycles. The van der Waals surface area contributed by atoms with Crippen molar-refractivity contribution >= 4 is 35.3 Å². The van der Waals surface area contributed by atoms with Gasteiger partial charge in [0.15, 0.2) is 34.6 Å². The first-order valence-electron chi connectivity index (χ1n) is 24.1. The molecular formula is C55H57F2N5O12. The molecule has 5 aromatic rings. The maximum Gasteiger partial charge on any atom is 0.362 e. The van der Waals surface area contributed by atoms with Crippen molar-refractivity contribution < 1.29 is 61.4 Å². The van der Waals surface area contributed by atoms with Gasteiger partial charge in [-0.05, 0) is 71.9 Å². The number of benzene rings is 5. The monoisotopic (exact) mass is 1020 g/mol. The molecule has 0 spiro atoms. The molecule has 0 unspecified atom stereocenters. The smallest absolute Gasteiger partial charge is 0.362 e. The lowest BCUT2D eigenvalue weighted by Gasteiger charge is -2.47. The number of halogens is 2. The molecule has 2 heterocycles. The second-order valence-electron chi connectivity index (χ2n) is 18.1. The van der Waals surface area contributed by atoms with Gasteiger partial charge in [-0.25, -0.2) is 18.4 Å². The number of ether oxygens (including phenoxy) is 5.